The maximum atomic E-state index is 12.8. The molecule has 0 N–H and O–H groups in total. The first-order chi connectivity index (χ1) is 10.6. The van der Waals surface area contributed by atoms with Crippen molar-refractivity contribution in [1.82, 2.24) is 14.5 Å². The topological polar surface area (TPSA) is 47.8 Å². The van der Waals surface area contributed by atoms with Crippen LogP contribution in [0.25, 0.3) is 26.1 Å². The van der Waals surface area contributed by atoms with Crippen LogP contribution in [0.3, 0.4) is 0 Å². The molecule has 22 heavy (non-hydrogen) atoms. The number of aromatic nitrogens is 3. The summed E-state index contributed by atoms with van der Waals surface area (Å²) in [6, 6.07) is 3.95. The van der Waals surface area contributed by atoms with Crippen LogP contribution in [-0.4, -0.2) is 14.5 Å². The highest BCUT2D eigenvalue weighted by Gasteiger charge is 2.14. The van der Waals surface area contributed by atoms with Crippen molar-refractivity contribution in [2.75, 3.05) is 0 Å². The molecule has 3 aromatic heterocycles. The first-order valence-electron chi connectivity index (χ1n) is 7.30. The van der Waals surface area contributed by atoms with Crippen molar-refractivity contribution in [2.24, 2.45) is 5.92 Å². The molecular formula is C17H15N3OS. The molecule has 3 heterocycles. The maximum absolute atomic E-state index is 12.8. The van der Waals surface area contributed by atoms with Gasteiger partial charge >= 0.3 is 0 Å². The van der Waals surface area contributed by atoms with Gasteiger partial charge in [-0.2, -0.15) is 0 Å². The zero-order valence-electron chi connectivity index (χ0n) is 12.4. The van der Waals surface area contributed by atoms with Crippen molar-refractivity contribution in [3.05, 3.63) is 52.7 Å². The number of hydrogen-bond acceptors (Lipinski definition) is 4. The third-order valence-corrected chi connectivity index (χ3v) is 4.99. The maximum Gasteiger partial charge on any atom is 0.275 e. The Labute approximate surface area is 131 Å². The largest absolute Gasteiger partial charge is 0.275 e. The highest BCUT2D eigenvalue weighted by atomic mass is 32.1. The normalized spacial score (nSPS) is 18.1. The van der Waals surface area contributed by atoms with Crippen LogP contribution in [0.1, 0.15) is 19.0 Å². The number of fused-ring (bicyclic) bond motifs is 3. The Balaban J connectivity index is 2.00. The monoisotopic (exact) mass is 309 g/mol. The van der Waals surface area contributed by atoms with Crippen molar-refractivity contribution in [3.8, 4) is 0 Å². The molecule has 0 aromatic carbocycles. The highest BCUT2D eigenvalue weighted by Crippen LogP contribution is 2.29. The van der Waals surface area contributed by atoms with Gasteiger partial charge in [0.25, 0.3) is 5.56 Å². The summed E-state index contributed by atoms with van der Waals surface area (Å²) >= 11 is 1.42. The average Bonchev–Trinajstić information content (AvgIpc) is 2.86. The minimum absolute atomic E-state index is 0.0179. The molecule has 0 radical (unpaired) electrons. The van der Waals surface area contributed by atoms with Crippen molar-refractivity contribution in [1.29, 1.82) is 0 Å². The fraction of sp³-hybridized carbons (Fsp3) is 0.235. The molecule has 0 amide bonds. The third-order valence-electron chi connectivity index (χ3n) is 3.91. The lowest BCUT2D eigenvalue weighted by Gasteiger charge is -2.13. The summed E-state index contributed by atoms with van der Waals surface area (Å²) in [5.41, 5.74) is 2.59. The van der Waals surface area contributed by atoms with E-state index in [1.165, 1.54) is 11.3 Å². The molecule has 1 unspecified atom stereocenters. The zero-order chi connectivity index (χ0) is 15.3. The smallest absolute Gasteiger partial charge is 0.267 e. The molecular weight excluding hydrogens is 294 g/mol. The lowest BCUT2D eigenvalue weighted by atomic mass is 10.0. The van der Waals surface area contributed by atoms with Gasteiger partial charge in [-0.1, -0.05) is 19.1 Å². The number of pyridine rings is 1. The van der Waals surface area contributed by atoms with Crippen molar-refractivity contribution < 1.29 is 0 Å². The Morgan fingerprint density at radius 1 is 1.36 bits per heavy atom. The number of thiophene rings is 1. The molecule has 1 atom stereocenters. The van der Waals surface area contributed by atoms with Gasteiger partial charge in [0.1, 0.15) is 15.9 Å². The van der Waals surface area contributed by atoms with Gasteiger partial charge in [-0.3, -0.25) is 9.36 Å². The molecule has 1 aliphatic carbocycles. The standard InChI is InChI=1S/C17H15N3OS/c1-10-4-3-5-12(8-10)20-9-18-14-13-7-6-11(2)19-16(13)22-15(14)17(20)21/h3,5-10H,4H2,1-2H3. The summed E-state index contributed by atoms with van der Waals surface area (Å²) in [6.45, 7) is 4.10. The lowest BCUT2D eigenvalue weighted by Crippen LogP contribution is -2.19. The van der Waals surface area contributed by atoms with Crippen molar-refractivity contribution in [2.45, 2.75) is 20.3 Å². The minimum Gasteiger partial charge on any atom is -0.267 e. The molecule has 4 rings (SSSR count). The summed E-state index contributed by atoms with van der Waals surface area (Å²) in [6.07, 6.45) is 8.85. The summed E-state index contributed by atoms with van der Waals surface area (Å²) in [5.74, 6) is 0.439. The summed E-state index contributed by atoms with van der Waals surface area (Å²) in [4.78, 5) is 22.7. The van der Waals surface area contributed by atoms with E-state index >= 15 is 0 Å². The van der Waals surface area contributed by atoms with E-state index in [0.29, 0.717) is 10.6 Å². The molecule has 0 spiro atoms. The summed E-state index contributed by atoms with van der Waals surface area (Å²) in [7, 11) is 0. The van der Waals surface area contributed by atoms with Crippen molar-refractivity contribution in [3.63, 3.8) is 0 Å². The van der Waals surface area contributed by atoms with Crippen LogP contribution in [0.5, 0.6) is 0 Å². The molecule has 1 aliphatic rings. The SMILES string of the molecule is Cc1ccc2c(n1)sc1c(=O)n(C3=CC(C)CC=C3)cnc12. The van der Waals surface area contributed by atoms with E-state index in [-0.39, 0.29) is 5.56 Å². The minimum atomic E-state index is -0.0179. The van der Waals surface area contributed by atoms with Gasteiger partial charge in [0.15, 0.2) is 0 Å². The number of nitrogens with zero attached hydrogens (tertiary/aromatic N) is 3. The van der Waals surface area contributed by atoms with E-state index in [1.807, 2.05) is 25.1 Å². The second kappa shape index (κ2) is 4.88. The van der Waals surface area contributed by atoms with E-state index in [0.717, 1.165) is 33.5 Å². The van der Waals surface area contributed by atoms with Crippen LogP contribution >= 0.6 is 11.3 Å². The Bertz CT molecular complexity index is 1010. The molecule has 3 aromatic rings. The molecule has 4 nitrogen and oxygen atoms in total. The van der Waals surface area contributed by atoms with Gasteiger partial charge < -0.3 is 0 Å². The molecule has 0 fully saturated rings. The van der Waals surface area contributed by atoms with Crippen LogP contribution in [-0.2, 0) is 0 Å². The number of rotatable bonds is 1. The highest BCUT2D eigenvalue weighted by molar-refractivity contribution is 7.25. The van der Waals surface area contributed by atoms with Gasteiger partial charge in [-0.25, -0.2) is 9.97 Å². The average molecular weight is 309 g/mol. The molecule has 0 bridgehead atoms. The fourth-order valence-electron chi connectivity index (χ4n) is 2.77. The fourth-order valence-corrected chi connectivity index (χ4v) is 3.87. The van der Waals surface area contributed by atoms with Crippen LogP contribution in [0.4, 0.5) is 0 Å². The Morgan fingerprint density at radius 3 is 3.05 bits per heavy atom. The van der Waals surface area contributed by atoms with Gasteiger partial charge in [0.05, 0.1) is 5.52 Å². The van der Waals surface area contributed by atoms with E-state index in [1.54, 1.807) is 10.9 Å². The Morgan fingerprint density at radius 2 is 2.23 bits per heavy atom. The number of aryl methyl sites for hydroxylation is 1. The Kier molecular flexibility index (Phi) is 2.97. The second-order valence-electron chi connectivity index (χ2n) is 5.71. The van der Waals surface area contributed by atoms with E-state index in [9.17, 15) is 4.79 Å². The quantitative estimate of drug-likeness (QED) is 0.688. The molecule has 0 saturated heterocycles. The molecule has 0 saturated carbocycles. The van der Waals surface area contributed by atoms with Crippen LogP contribution in [0.15, 0.2) is 41.5 Å². The van der Waals surface area contributed by atoms with E-state index in [2.05, 4.69) is 29.0 Å². The predicted molar refractivity (Wildman–Crippen MR) is 91.1 cm³/mol. The van der Waals surface area contributed by atoms with Crippen molar-refractivity contribution >= 4 is 37.5 Å². The zero-order valence-corrected chi connectivity index (χ0v) is 13.2. The van der Waals surface area contributed by atoms with Gasteiger partial charge in [0.2, 0.25) is 0 Å². The van der Waals surface area contributed by atoms with Crippen LogP contribution in [0.2, 0.25) is 0 Å². The first-order valence-corrected chi connectivity index (χ1v) is 8.11. The number of allylic oxidation sites excluding steroid dienone is 4. The third kappa shape index (κ3) is 2.01. The summed E-state index contributed by atoms with van der Waals surface area (Å²) in [5, 5.41) is 0.955. The van der Waals surface area contributed by atoms with Crippen LogP contribution < -0.4 is 5.56 Å². The molecule has 110 valence electrons. The number of hydrogen-bond donors (Lipinski definition) is 0. The van der Waals surface area contributed by atoms with Gasteiger partial charge in [0, 0.05) is 16.8 Å². The second-order valence-corrected chi connectivity index (χ2v) is 6.71. The lowest BCUT2D eigenvalue weighted by molar-refractivity contribution is 0.731. The predicted octanol–water partition coefficient (Wildman–Crippen LogP) is 3.75. The van der Waals surface area contributed by atoms with E-state index in [4.69, 9.17) is 0 Å². The van der Waals surface area contributed by atoms with Gasteiger partial charge in [-0.05, 0) is 37.5 Å². The van der Waals surface area contributed by atoms with E-state index < -0.39 is 0 Å². The van der Waals surface area contributed by atoms with Crippen LogP contribution in [0, 0.1) is 12.8 Å². The first kappa shape index (κ1) is 13.4. The van der Waals surface area contributed by atoms with Gasteiger partial charge in [-0.15, -0.1) is 11.3 Å². The Hall–Kier alpha value is -2.27. The summed E-state index contributed by atoms with van der Waals surface area (Å²) < 4.78 is 2.31. The molecule has 5 heteroatoms. The molecule has 0 aliphatic heterocycles.